The van der Waals surface area contributed by atoms with Gasteiger partial charge in [-0.2, -0.15) is 0 Å². The molecule has 1 aromatic carbocycles. The third kappa shape index (κ3) is 4.97. The van der Waals surface area contributed by atoms with E-state index >= 15 is 0 Å². The van der Waals surface area contributed by atoms with Crippen molar-refractivity contribution in [1.29, 1.82) is 0 Å². The molecule has 2 unspecified atom stereocenters. The summed E-state index contributed by atoms with van der Waals surface area (Å²) in [7, 11) is 0. The second-order valence-corrected chi connectivity index (χ2v) is 9.23. The number of benzene rings is 1. The topological polar surface area (TPSA) is 18.5 Å². The van der Waals surface area contributed by atoms with E-state index in [0.717, 1.165) is 18.6 Å². The number of ether oxygens (including phenoxy) is 2. The van der Waals surface area contributed by atoms with Crippen LogP contribution in [0.15, 0.2) is 48.6 Å². The van der Waals surface area contributed by atoms with Crippen molar-refractivity contribution in [2.75, 3.05) is 0 Å². The van der Waals surface area contributed by atoms with E-state index < -0.39 is 0 Å². The highest BCUT2D eigenvalue weighted by molar-refractivity contribution is 5.36. The Balaban J connectivity index is 1.51. The predicted octanol–water partition coefficient (Wildman–Crippen LogP) is 7.70. The highest BCUT2D eigenvalue weighted by Gasteiger charge is 2.40. The molecule has 4 rings (SSSR count). The maximum atomic E-state index is 6.85. The van der Waals surface area contributed by atoms with Crippen LogP contribution >= 0.6 is 0 Å². The lowest BCUT2D eigenvalue weighted by atomic mass is 9.73. The van der Waals surface area contributed by atoms with E-state index in [1.54, 1.807) is 0 Å². The van der Waals surface area contributed by atoms with Crippen molar-refractivity contribution in [1.82, 2.24) is 0 Å². The van der Waals surface area contributed by atoms with E-state index in [4.69, 9.17) is 9.47 Å². The van der Waals surface area contributed by atoms with Crippen molar-refractivity contribution in [2.45, 2.75) is 102 Å². The minimum absolute atomic E-state index is 0.196. The van der Waals surface area contributed by atoms with Gasteiger partial charge in [-0.15, -0.1) is 0 Å². The second kappa shape index (κ2) is 9.98. The molecule has 0 radical (unpaired) electrons. The summed E-state index contributed by atoms with van der Waals surface area (Å²) in [5.74, 6) is 2.28. The summed E-state index contributed by atoms with van der Waals surface area (Å²) in [5, 5.41) is 0. The van der Waals surface area contributed by atoms with Crippen molar-refractivity contribution in [3.8, 4) is 5.75 Å². The van der Waals surface area contributed by atoms with Gasteiger partial charge >= 0.3 is 0 Å². The van der Waals surface area contributed by atoms with Crippen LogP contribution in [0.5, 0.6) is 5.75 Å². The molecule has 0 aliphatic heterocycles. The monoisotopic (exact) mass is 394 g/mol. The van der Waals surface area contributed by atoms with E-state index in [2.05, 4.69) is 55.5 Å². The lowest BCUT2D eigenvalue weighted by Crippen LogP contribution is -2.44. The molecule has 29 heavy (non-hydrogen) atoms. The van der Waals surface area contributed by atoms with Gasteiger partial charge in [0.25, 0.3) is 0 Å². The van der Waals surface area contributed by atoms with Crippen LogP contribution in [0.1, 0.15) is 95.5 Å². The SMILES string of the molecule is CCC(Oc1ccccc1C1CCCCC1)OC1(C2CCCCC2)C=CC=CC1. The fraction of sp³-hybridized carbons (Fsp3) is 0.630. The van der Waals surface area contributed by atoms with Crippen LogP contribution in [0.25, 0.3) is 0 Å². The fourth-order valence-electron chi connectivity index (χ4n) is 5.61. The molecule has 0 spiro atoms. The molecular weight excluding hydrogens is 356 g/mol. The van der Waals surface area contributed by atoms with Gasteiger partial charge in [-0.05, 0) is 55.6 Å². The molecule has 2 atom stereocenters. The molecule has 3 aliphatic carbocycles. The Bertz CT molecular complexity index is 694. The van der Waals surface area contributed by atoms with Crippen molar-refractivity contribution in [3.05, 3.63) is 54.1 Å². The zero-order valence-electron chi connectivity index (χ0n) is 18.2. The highest BCUT2D eigenvalue weighted by Crippen LogP contribution is 2.42. The number of hydrogen-bond acceptors (Lipinski definition) is 2. The van der Waals surface area contributed by atoms with Crippen LogP contribution in [0.4, 0.5) is 0 Å². The Morgan fingerprint density at radius 3 is 2.34 bits per heavy atom. The maximum Gasteiger partial charge on any atom is 0.200 e. The Morgan fingerprint density at radius 1 is 0.931 bits per heavy atom. The van der Waals surface area contributed by atoms with Crippen LogP contribution in [0.2, 0.25) is 0 Å². The average molecular weight is 395 g/mol. The Kier molecular flexibility index (Phi) is 7.13. The van der Waals surface area contributed by atoms with Gasteiger partial charge in [0.05, 0.1) is 5.60 Å². The third-order valence-electron chi connectivity index (χ3n) is 7.27. The van der Waals surface area contributed by atoms with E-state index in [-0.39, 0.29) is 11.9 Å². The van der Waals surface area contributed by atoms with Crippen LogP contribution in [0.3, 0.4) is 0 Å². The minimum atomic E-state index is -0.199. The molecule has 0 heterocycles. The van der Waals surface area contributed by atoms with Gasteiger partial charge in [0.2, 0.25) is 6.29 Å². The summed E-state index contributed by atoms with van der Waals surface area (Å²) in [6, 6.07) is 8.70. The summed E-state index contributed by atoms with van der Waals surface area (Å²) in [6.07, 6.45) is 23.8. The van der Waals surface area contributed by atoms with Crippen LogP contribution in [-0.2, 0) is 4.74 Å². The van der Waals surface area contributed by atoms with Crippen molar-refractivity contribution < 1.29 is 9.47 Å². The van der Waals surface area contributed by atoms with E-state index in [9.17, 15) is 0 Å². The quantitative estimate of drug-likeness (QED) is 0.441. The molecule has 0 bridgehead atoms. The van der Waals surface area contributed by atoms with Crippen molar-refractivity contribution in [2.24, 2.45) is 5.92 Å². The molecule has 0 amide bonds. The molecule has 0 saturated heterocycles. The number of para-hydroxylation sites is 1. The standard InChI is InChI=1S/C27H38O2/c1-2-26(28-25-19-11-10-18-24(25)22-14-6-3-7-15-22)29-27(20-12-5-13-21-27)23-16-8-4-9-17-23/h5,10-13,18-20,22-23,26H,2-4,6-9,14-17,21H2,1H3. The van der Waals surface area contributed by atoms with E-state index in [0.29, 0.717) is 11.8 Å². The second-order valence-electron chi connectivity index (χ2n) is 9.23. The molecule has 158 valence electrons. The summed E-state index contributed by atoms with van der Waals surface area (Å²) in [4.78, 5) is 0. The zero-order valence-corrected chi connectivity index (χ0v) is 18.2. The summed E-state index contributed by atoms with van der Waals surface area (Å²) in [6.45, 7) is 2.19. The smallest absolute Gasteiger partial charge is 0.200 e. The first-order valence-corrected chi connectivity index (χ1v) is 12.1. The first-order chi connectivity index (χ1) is 14.3. The molecule has 0 N–H and O–H groups in total. The molecule has 2 saturated carbocycles. The summed E-state index contributed by atoms with van der Waals surface area (Å²) >= 11 is 0. The molecule has 2 nitrogen and oxygen atoms in total. The zero-order chi connectivity index (χ0) is 19.9. The number of rotatable bonds is 7. The van der Waals surface area contributed by atoms with Crippen LogP contribution in [-0.4, -0.2) is 11.9 Å². The summed E-state index contributed by atoms with van der Waals surface area (Å²) in [5.41, 5.74) is 1.19. The fourth-order valence-corrected chi connectivity index (χ4v) is 5.61. The Hall–Kier alpha value is -1.54. The van der Waals surface area contributed by atoms with Gasteiger partial charge in [0, 0.05) is 6.42 Å². The molecule has 3 aliphatic rings. The number of allylic oxidation sites excluding steroid dienone is 2. The van der Waals surface area contributed by atoms with Gasteiger partial charge in [-0.1, -0.05) is 88.0 Å². The largest absolute Gasteiger partial charge is 0.465 e. The minimum Gasteiger partial charge on any atom is -0.465 e. The normalized spacial score (nSPS) is 27.1. The van der Waals surface area contributed by atoms with Crippen LogP contribution < -0.4 is 4.74 Å². The van der Waals surface area contributed by atoms with Gasteiger partial charge in [0.15, 0.2) is 0 Å². The van der Waals surface area contributed by atoms with Gasteiger partial charge in [0.1, 0.15) is 5.75 Å². The van der Waals surface area contributed by atoms with Gasteiger partial charge < -0.3 is 9.47 Å². The molecular formula is C27H38O2. The molecule has 2 fully saturated rings. The van der Waals surface area contributed by atoms with Crippen molar-refractivity contribution >= 4 is 0 Å². The average Bonchev–Trinajstić information content (AvgIpc) is 2.81. The van der Waals surface area contributed by atoms with Gasteiger partial charge in [-0.25, -0.2) is 0 Å². The Labute approximate surface area is 177 Å². The molecule has 2 heteroatoms. The summed E-state index contributed by atoms with van der Waals surface area (Å²) < 4.78 is 13.4. The first kappa shape index (κ1) is 20.7. The predicted molar refractivity (Wildman–Crippen MR) is 120 cm³/mol. The number of hydrogen-bond donors (Lipinski definition) is 0. The highest BCUT2D eigenvalue weighted by atomic mass is 16.7. The lowest BCUT2D eigenvalue weighted by Gasteiger charge is -2.43. The van der Waals surface area contributed by atoms with Gasteiger partial charge in [-0.3, -0.25) is 0 Å². The van der Waals surface area contributed by atoms with E-state index in [1.807, 2.05) is 0 Å². The lowest BCUT2D eigenvalue weighted by molar-refractivity contribution is -0.177. The maximum absolute atomic E-state index is 6.85. The molecule has 0 aromatic heterocycles. The van der Waals surface area contributed by atoms with E-state index in [1.165, 1.54) is 69.8 Å². The third-order valence-corrected chi connectivity index (χ3v) is 7.27. The first-order valence-electron chi connectivity index (χ1n) is 12.1. The molecule has 1 aromatic rings. The Morgan fingerprint density at radius 2 is 1.66 bits per heavy atom. The van der Waals surface area contributed by atoms with Crippen molar-refractivity contribution in [3.63, 3.8) is 0 Å². The van der Waals surface area contributed by atoms with Crippen LogP contribution in [0, 0.1) is 5.92 Å².